The Morgan fingerprint density at radius 2 is 1.77 bits per heavy atom. The lowest BCUT2D eigenvalue weighted by Crippen LogP contribution is -2.44. The summed E-state index contributed by atoms with van der Waals surface area (Å²) in [4.78, 5) is 29.0. The van der Waals surface area contributed by atoms with Crippen LogP contribution in [0, 0.1) is 5.92 Å². The van der Waals surface area contributed by atoms with Crippen LogP contribution in [0.2, 0.25) is 0 Å². The second-order valence-corrected chi connectivity index (χ2v) is 7.56. The molecule has 1 aliphatic heterocycles. The largest absolute Gasteiger partial charge is 0.489 e. The predicted octanol–water partition coefficient (Wildman–Crippen LogP) is 4.08. The lowest BCUT2D eigenvalue weighted by molar-refractivity contribution is -0.149. The number of hydrogen-bond acceptors (Lipinski definition) is 5. The van der Waals surface area contributed by atoms with E-state index < -0.39 is 24.0 Å². The van der Waals surface area contributed by atoms with E-state index in [2.05, 4.69) is 10.3 Å². The van der Waals surface area contributed by atoms with Gasteiger partial charge in [-0.1, -0.05) is 48.5 Å². The number of amides is 2. The number of esters is 1. The first-order chi connectivity index (χ1) is 15.0. The Hall–Kier alpha value is -3.19. The van der Waals surface area contributed by atoms with Crippen molar-refractivity contribution < 1.29 is 23.8 Å². The zero-order valence-corrected chi connectivity index (χ0v) is 18.0. The molecule has 0 radical (unpaired) electrons. The summed E-state index contributed by atoms with van der Waals surface area (Å²) in [5.74, 6) is -0.623. The average Bonchev–Trinajstić information content (AvgIpc) is 2.75. The summed E-state index contributed by atoms with van der Waals surface area (Å²) in [6, 6.07) is 16.0. The van der Waals surface area contributed by atoms with Gasteiger partial charge in [-0.2, -0.15) is 0 Å². The number of benzene rings is 2. The Balaban J connectivity index is 1.79. The smallest absolute Gasteiger partial charge is 0.341 e. The van der Waals surface area contributed by atoms with E-state index in [1.807, 2.05) is 68.4 Å². The van der Waals surface area contributed by atoms with E-state index in [4.69, 9.17) is 14.2 Å². The van der Waals surface area contributed by atoms with Gasteiger partial charge in [0.15, 0.2) is 0 Å². The molecule has 1 aliphatic rings. The highest BCUT2D eigenvalue weighted by molar-refractivity contribution is 6.08. The molecule has 0 aromatic heterocycles. The molecule has 164 valence electrons. The van der Waals surface area contributed by atoms with Gasteiger partial charge in [-0.15, -0.1) is 0 Å². The third kappa shape index (κ3) is 6.15. The molecule has 31 heavy (non-hydrogen) atoms. The number of carbonyl (C=O) groups excluding carboxylic acids is 2. The molecule has 0 aliphatic carbocycles. The number of para-hydroxylation sites is 1. The molecule has 2 unspecified atom stereocenters. The number of urea groups is 1. The number of rotatable bonds is 9. The maximum Gasteiger partial charge on any atom is 0.341 e. The third-order valence-electron chi connectivity index (χ3n) is 4.86. The molecule has 0 saturated heterocycles. The Bertz CT molecular complexity index is 927. The summed E-state index contributed by atoms with van der Waals surface area (Å²) in [7, 11) is 0. The quantitative estimate of drug-likeness (QED) is 0.484. The van der Waals surface area contributed by atoms with Gasteiger partial charge < -0.3 is 19.5 Å². The summed E-state index contributed by atoms with van der Waals surface area (Å²) in [5.41, 5.74) is 2.12. The van der Waals surface area contributed by atoms with Crippen LogP contribution in [-0.4, -0.2) is 37.0 Å². The molecule has 7 nitrogen and oxygen atoms in total. The van der Waals surface area contributed by atoms with E-state index in [1.165, 1.54) is 0 Å². The van der Waals surface area contributed by atoms with Gasteiger partial charge in [0.1, 0.15) is 24.9 Å². The van der Waals surface area contributed by atoms with Crippen LogP contribution in [0.5, 0.6) is 5.75 Å². The normalized spacial score (nSPS) is 18.3. The highest BCUT2D eigenvalue weighted by atomic mass is 16.6. The minimum absolute atomic E-state index is 0.0531. The summed E-state index contributed by atoms with van der Waals surface area (Å²) < 4.78 is 16.9. The molecule has 3 rings (SSSR count). The third-order valence-corrected chi connectivity index (χ3v) is 4.86. The number of hydrogen-bond donors (Lipinski definition) is 1. The molecular formula is C24H28N2O5. The Kier molecular flexibility index (Phi) is 7.78. The molecule has 7 heteroatoms. The van der Waals surface area contributed by atoms with Crippen LogP contribution in [0.3, 0.4) is 0 Å². The van der Waals surface area contributed by atoms with Crippen LogP contribution in [0.15, 0.2) is 59.6 Å². The first kappa shape index (κ1) is 22.5. The van der Waals surface area contributed by atoms with Gasteiger partial charge >= 0.3 is 12.0 Å². The fourth-order valence-corrected chi connectivity index (χ4v) is 3.40. The lowest BCUT2D eigenvalue weighted by atomic mass is 9.88. The van der Waals surface area contributed by atoms with Gasteiger partial charge in [-0.25, -0.2) is 9.79 Å². The van der Waals surface area contributed by atoms with Crippen molar-refractivity contribution in [1.29, 1.82) is 0 Å². The van der Waals surface area contributed by atoms with Crippen molar-refractivity contribution in [2.45, 2.75) is 39.5 Å². The van der Waals surface area contributed by atoms with Gasteiger partial charge in [0.25, 0.3) is 0 Å². The Morgan fingerprint density at radius 3 is 2.52 bits per heavy atom. The first-order valence-corrected chi connectivity index (χ1v) is 10.3. The Morgan fingerprint density at radius 1 is 1.06 bits per heavy atom. The molecule has 0 fully saturated rings. The topological polar surface area (TPSA) is 86.2 Å². The van der Waals surface area contributed by atoms with E-state index in [-0.39, 0.29) is 12.7 Å². The highest BCUT2D eigenvalue weighted by Gasteiger charge is 2.39. The van der Waals surface area contributed by atoms with Gasteiger partial charge in [-0.05, 0) is 32.4 Å². The number of nitrogens with one attached hydrogen (secondary N) is 1. The van der Waals surface area contributed by atoms with Crippen molar-refractivity contribution in [2.75, 3.05) is 13.2 Å². The second-order valence-electron chi connectivity index (χ2n) is 7.56. The Labute approximate surface area is 182 Å². The molecule has 2 atom stereocenters. The molecule has 0 saturated carbocycles. The molecule has 2 aromatic rings. The van der Waals surface area contributed by atoms with Crippen molar-refractivity contribution in [2.24, 2.45) is 10.9 Å². The summed E-state index contributed by atoms with van der Waals surface area (Å²) >= 11 is 0. The zero-order chi connectivity index (χ0) is 22.2. The van der Waals surface area contributed by atoms with E-state index in [1.54, 1.807) is 6.92 Å². The van der Waals surface area contributed by atoms with E-state index in [0.29, 0.717) is 30.2 Å². The lowest BCUT2D eigenvalue weighted by Gasteiger charge is -2.30. The predicted molar refractivity (Wildman–Crippen MR) is 117 cm³/mol. The zero-order valence-electron chi connectivity index (χ0n) is 18.0. The maximum absolute atomic E-state index is 12.9. The number of nitrogens with zero attached hydrogens (tertiary/aromatic N) is 1. The molecular weight excluding hydrogens is 396 g/mol. The van der Waals surface area contributed by atoms with Gasteiger partial charge in [0.05, 0.1) is 18.8 Å². The van der Waals surface area contributed by atoms with Crippen molar-refractivity contribution in [1.82, 2.24) is 5.32 Å². The SMILES string of the molecule is CC1=NC(=O)NC(c2ccccc2OCc2ccccc2)C1C(=O)OCCOC(C)C. The minimum Gasteiger partial charge on any atom is -0.489 e. The number of ether oxygens (including phenoxy) is 3. The van der Waals surface area contributed by atoms with Crippen LogP contribution in [0.4, 0.5) is 4.79 Å². The van der Waals surface area contributed by atoms with Crippen LogP contribution in [0.1, 0.15) is 37.9 Å². The van der Waals surface area contributed by atoms with Crippen LogP contribution in [-0.2, 0) is 20.9 Å². The summed E-state index contributed by atoms with van der Waals surface area (Å²) in [6.07, 6.45) is 0.0531. The minimum atomic E-state index is -0.752. The van der Waals surface area contributed by atoms with Crippen LogP contribution in [0.25, 0.3) is 0 Å². The van der Waals surface area contributed by atoms with Crippen molar-refractivity contribution in [3.63, 3.8) is 0 Å². The van der Waals surface area contributed by atoms with Crippen molar-refractivity contribution in [3.8, 4) is 5.75 Å². The van der Waals surface area contributed by atoms with E-state index in [0.717, 1.165) is 5.56 Å². The van der Waals surface area contributed by atoms with Crippen LogP contribution < -0.4 is 10.1 Å². The number of carbonyl (C=O) groups is 2. The van der Waals surface area contributed by atoms with E-state index in [9.17, 15) is 9.59 Å². The average molecular weight is 424 g/mol. The molecule has 2 aromatic carbocycles. The number of aliphatic imine (C=N–C) groups is 1. The second kappa shape index (κ2) is 10.7. The maximum atomic E-state index is 12.9. The van der Waals surface area contributed by atoms with Crippen molar-refractivity contribution >= 4 is 17.7 Å². The van der Waals surface area contributed by atoms with Gasteiger partial charge in [-0.3, -0.25) is 4.79 Å². The standard InChI is InChI=1S/C24H28N2O5/c1-16(2)29-13-14-30-23(27)21-17(3)25-24(28)26-22(21)19-11-7-8-12-20(19)31-15-18-9-5-4-6-10-18/h4-12,16,21-22H,13-15H2,1-3H3,(H,26,28). The van der Waals surface area contributed by atoms with Crippen molar-refractivity contribution in [3.05, 3.63) is 65.7 Å². The van der Waals surface area contributed by atoms with Gasteiger partial charge in [0.2, 0.25) is 0 Å². The fraction of sp³-hybridized carbons (Fsp3) is 0.375. The van der Waals surface area contributed by atoms with Gasteiger partial charge in [0, 0.05) is 11.3 Å². The molecule has 2 amide bonds. The fourth-order valence-electron chi connectivity index (χ4n) is 3.40. The molecule has 0 spiro atoms. The highest BCUT2D eigenvalue weighted by Crippen LogP contribution is 2.34. The summed E-state index contributed by atoms with van der Waals surface area (Å²) in [6.45, 7) is 6.30. The summed E-state index contributed by atoms with van der Waals surface area (Å²) in [5, 5.41) is 2.80. The molecule has 1 heterocycles. The monoisotopic (exact) mass is 424 g/mol. The van der Waals surface area contributed by atoms with E-state index >= 15 is 0 Å². The first-order valence-electron chi connectivity index (χ1n) is 10.3. The molecule has 1 N–H and O–H groups in total. The molecule has 0 bridgehead atoms. The van der Waals surface area contributed by atoms with Crippen LogP contribution >= 0.6 is 0 Å².